The fourth-order valence-corrected chi connectivity index (χ4v) is 2.41. The first-order valence-electron chi connectivity index (χ1n) is 7.20. The first-order chi connectivity index (χ1) is 11.0. The van der Waals surface area contributed by atoms with Crippen molar-refractivity contribution in [1.82, 2.24) is 4.90 Å². The number of ether oxygens (including phenoxy) is 2. The van der Waals surface area contributed by atoms with Gasteiger partial charge >= 0.3 is 5.97 Å². The van der Waals surface area contributed by atoms with Gasteiger partial charge < -0.3 is 14.4 Å². The minimum Gasteiger partial charge on any atom is -0.492 e. The van der Waals surface area contributed by atoms with Crippen LogP contribution in [0.25, 0.3) is 0 Å². The van der Waals surface area contributed by atoms with Crippen molar-refractivity contribution in [3.05, 3.63) is 28.8 Å². The molecule has 0 aliphatic carbocycles. The second-order valence-electron chi connectivity index (χ2n) is 5.30. The van der Waals surface area contributed by atoms with Crippen molar-refractivity contribution in [3.8, 4) is 11.8 Å². The lowest BCUT2D eigenvalue weighted by atomic mass is 9.97. The molecule has 1 amide bonds. The van der Waals surface area contributed by atoms with Crippen LogP contribution in [0.2, 0.25) is 5.02 Å². The Bertz CT molecular complexity index is 641. The van der Waals surface area contributed by atoms with Gasteiger partial charge in [0.1, 0.15) is 12.4 Å². The molecule has 7 heteroatoms. The Morgan fingerprint density at radius 1 is 1.52 bits per heavy atom. The molecule has 0 spiro atoms. The molecule has 0 unspecified atom stereocenters. The van der Waals surface area contributed by atoms with Gasteiger partial charge in [-0.15, -0.1) is 0 Å². The lowest BCUT2D eigenvalue weighted by Crippen LogP contribution is -2.35. The molecule has 1 aromatic rings. The third-order valence-electron chi connectivity index (χ3n) is 3.58. The third kappa shape index (κ3) is 4.60. The first kappa shape index (κ1) is 17.1. The number of halogens is 1. The molecule has 1 aliphatic heterocycles. The highest BCUT2D eigenvalue weighted by Crippen LogP contribution is 2.30. The number of fused-ring (bicyclic) bond motifs is 1. The fourth-order valence-electron chi connectivity index (χ4n) is 2.22. The second-order valence-corrected chi connectivity index (χ2v) is 5.73. The summed E-state index contributed by atoms with van der Waals surface area (Å²) < 4.78 is 10.6. The minimum absolute atomic E-state index is 0.214. The van der Waals surface area contributed by atoms with Crippen LogP contribution >= 0.6 is 11.6 Å². The SMILES string of the molecule is CN(CCC#N)C(=O)COC(=O)[C@@H]1COc2ccc(Cl)cc2C1. The summed E-state index contributed by atoms with van der Waals surface area (Å²) in [7, 11) is 1.56. The predicted octanol–water partition coefficient (Wildman–Crippen LogP) is 1.81. The van der Waals surface area contributed by atoms with Crippen molar-refractivity contribution in [1.29, 1.82) is 5.26 Å². The number of carbonyl (C=O) groups excluding carboxylic acids is 2. The highest BCUT2D eigenvalue weighted by molar-refractivity contribution is 6.30. The van der Waals surface area contributed by atoms with E-state index in [1.807, 2.05) is 6.07 Å². The highest BCUT2D eigenvalue weighted by atomic mass is 35.5. The summed E-state index contributed by atoms with van der Waals surface area (Å²) in [4.78, 5) is 25.2. The topological polar surface area (TPSA) is 79.6 Å². The quantitative estimate of drug-likeness (QED) is 0.766. The average Bonchev–Trinajstić information content (AvgIpc) is 2.56. The highest BCUT2D eigenvalue weighted by Gasteiger charge is 2.28. The number of esters is 1. The molecule has 0 radical (unpaired) electrons. The Kier molecular flexibility index (Phi) is 5.83. The number of carbonyl (C=O) groups is 2. The van der Waals surface area contributed by atoms with Crippen LogP contribution in [0.15, 0.2) is 18.2 Å². The van der Waals surface area contributed by atoms with Gasteiger partial charge in [0.25, 0.3) is 5.91 Å². The van der Waals surface area contributed by atoms with Gasteiger partial charge in [-0.3, -0.25) is 9.59 Å². The summed E-state index contributed by atoms with van der Waals surface area (Å²) in [6.45, 7) is 0.191. The van der Waals surface area contributed by atoms with Crippen molar-refractivity contribution in [2.75, 3.05) is 26.8 Å². The molecule has 1 aliphatic rings. The van der Waals surface area contributed by atoms with Crippen molar-refractivity contribution < 1.29 is 19.1 Å². The summed E-state index contributed by atoms with van der Waals surface area (Å²) >= 11 is 5.94. The van der Waals surface area contributed by atoms with Crippen LogP contribution in [0.3, 0.4) is 0 Å². The van der Waals surface area contributed by atoms with E-state index in [1.54, 1.807) is 25.2 Å². The Hall–Kier alpha value is -2.26. The second kappa shape index (κ2) is 7.84. The van der Waals surface area contributed by atoms with Crippen LogP contribution in [0.4, 0.5) is 0 Å². The zero-order valence-corrected chi connectivity index (χ0v) is 13.5. The molecule has 23 heavy (non-hydrogen) atoms. The molecule has 1 heterocycles. The van der Waals surface area contributed by atoms with Crippen molar-refractivity contribution in [2.24, 2.45) is 5.92 Å². The molecule has 122 valence electrons. The molecule has 2 rings (SSSR count). The Morgan fingerprint density at radius 2 is 2.30 bits per heavy atom. The maximum absolute atomic E-state index is 12.1. The van der Waals surface area contributed by atoms with Crippen LogP contribution in [0, 0.1) is 17.2 Å². The lowest BCUT2D eigenvalue weighted by Gasteiger charge is -2.24. The van der Waals surface area contributed by atoms with Crippen molar-refractivity contribution in [3.63, 3.8) is 0 Å². The van der Waals surface area contributed by atoms with Gasteiger partial charge in [0.15, 0.2) is 6.61 Å². The maximum Gasteiger partial charge on any atom is 0.313 e. The Morgan fingerprint density at radius 3 is 3.04 bits per heavy atom. The van der Waals surface area contributed by atoms with E-state index in [4.69, 9.17) is 26.3 Å². The normalized spacial score (nSPS) is 15.8. The number of likely N-dealkylation sites (N-methyl/N-ethyl adjacent to an activating group) is 1. The maximum atomic E-state index is 12.1. The van der Waals surface area contributed by atoms with Gasteiger partial charge in [-0.1, -0.05) is 11.6 Å². The van der Waals surface area contributed by atoms with Gasteiger partial charge in [0.05, 0.1) is 18.4 Å². The molecule has 1 atom stereocenters. The van der Waals surface area contributed by atoms with Crippen molar-refractivity contribution >= 4 is 23.5 Å². The zero-order chi connectivity index (χ0) is 16.8. The molecule has 0 bridgehead atoms. The summed E-state index contributed by atoms with van der Waals surface area (Å²) in [6.07, 6.45) is 0.706. The monoisotopic (exact) mass is 336 g/mol. The number of benzene rings is 1. The summed E-state index contributed by atoms with van der Waals surface area (Å²) in [5, 5.41) is 9.07. The van der Waals surface area contributed by atoms with Crippen LogP contribution in [0.5, 0.6) is 5.75 Å². The van der Waals surface area contributed by atoms with E-state index in [0.717, 1.165) is 5.56 Å². The van der Waals surface area contributed by atoms with Crippen LogP contribution < -0.4 is 4.74 Å². The number of rotatable bonds is 5. The molecule has 6 nitrogen and oxygen atoms in total. The van der Waals surface area contributed by atoms with Gasteiger partial charge in [0, 0.05) is 18.6 Å². The first-order valence-corrected chi connectivity index (χ1v) is 7.58. The van der Waals surface area contributed by atoms with Crippen LogP contribution in [-0.4, -0.2) is 43.6 Å². The minimum atomic E-state index is -0.474. The fraction of sp³-hybridized carbons (Fsp3) is 0.438. The molecular formula is C16H17ClN2O4. The molecule has 0 saturated carbocycles. The number of hydrogen-bond donors (Lipinski definition) is 0. The summed E-state index contributed by atoms with van der Waals surface area (Å²) in [5.41, 5.74) is 0.850. The molecule has 0 N–H and O–H groups in total. The molecular weight excluding hydrogens is 320 g/mol. The van der Waals surface area contributed by atoms with E-state index in [1.165, 1.54) is 4.90 Å². The Labute approximate surface area is 139 Å². The lowest BCUT2D eigenvalue weighted by molar-refractivity contribution is -0.156. The average molecular weight is 337 g/mol. The molecule has 0 saturated heterocycles. The largest absolute Gasteiger partial charge is 0.492 e. The van der Waals surface area contributed by atoms with E-state index in [2.05, 4.69) is 0 Å². The summed E-state index contributed by atoms with van der Waals surface area (Å²) in [6, 6.07) is 7.22. The molecule has 1 aromatic carbocycles. The van der Waals surface area contributed by atoms with Crippen molar-refractivity contribution in [2.45, 2.75) is 12.8 Å². The van der Waals surface area contributed by atoms with Gasteiger partial charge in [-0.05, 0) is 30.2 Å². The van der Waals surface area contributed by atoms with E-state index in [-0.39, 0.29) is 25.5 Å². The van der Waals surface area contributed by atoms with Gasteiger partial charge in [-0.25, -0.2) is 0 Å². The summed E-state index contributed by atoms with van der Waals surface area (Å²) in [5.74, 6) is -0.560. The van der Waals surface area contributed by atoms with Gasteiger partial charge in [0.2, 0.25) is 0 Å². The number of amides is 1. The third-order valence-corrected chi connectivity index (χ3v) is 3.82. The number of nitrogens with zero attached hydrogens (tertiary/aromatic N) is 2. The van der Waals surface area contributed by atoms with E-state index in [0.29, 0.717) is 23.7 Å². The van der Waals surface area contributed by atoms with E-state index >= 15 is 0 Å². The van der Waals surface area contributed by atoms with Crippen LogP contribution in [0.1, 0.15) is 12.0 Å². The molecule has 0 fully saturated rings. The van der Waals surface area contributed by atoms with E-state index < -0.39 is 11.9 Å². The van der Waals surface area contributed by atoms with Crippen LogP contribution in [-0.2, 0) is 20.7 Å². The molecule has 0 aromatic heterocycles. The number of hydrogen-bond acceptors (Lipinski definition) is 5. The smallest absolute Gasteiger partial charge is 0.313 e. The number of nitriles is 1. The van der Waals surface area contributed by atoms with Gasteiger partial charge in [-0.2, -0.15) is 5.26 Å². The Balaban J connectivity index is 1.85. The zero-order valence-electron chi connectivity index (χ0n) is 12.8. The standard InChI is InChI=1S/C16H17ClN2O4/c1-19(6-2-5-18)15(20)10-23-16(21)12-7-11-8-13(17)3-4-14(11)22-9-12/h3-4,8,12H,2,6-7,9-10H2,1H3/t12-/m0/s1. The predicted molar refractivity (Wildman–Crippen MR) is 83.0 cm³/mol. The van der Waals surface area contributed by atoms with E-state index in [9.17, 15) is 9.59 Å².